The molecule has 0 aliphatic heterocycles. The number of para-hydroxylation sites is 1. The minimum absolute atomic E-state index is 0.322. The second-order valence-electron chi connectivity index (χ2n) is 4.08. The van der Waals surface area contributed by atoms with Crippen LogP contribution >= 0.6 is 0 Å². The van der Waals surface area contributed by atoms with Crippen LogP contribution in [-0.4, -0.2) is 19.7 Å². The number of methoxy groups -OCH3 is 1. The minimum atomic E-state index is -0.322. The second kappa shape index (κ2) is 7.98. The SMILES string of the molecule is CCCCCNC(=O)Nc1c(C#N)cccc1OC. The summed E-state index contributed by atoms with van der Waals surface area (Å²) in [6.07, 6.45) is 3.13. The monoisotopic (exact) mass is 261 g/mol. The quantitative estimate of drug-likeness (QED) is 0.773. The number of ether oxygens (including phenoxy) is 1. The molecule has 5 heteroatoms. The molecule has 19 heavy (non-hydrogen) atoms. The predicted molar refractivity (Wildman–Crippen MR) is 74.3 cm³/mol. The van der Waals surface area contributed by atoms with Gasteiger partial charge in [0.2, 0.25) is 0 Å². The normalized spacial score (nSPS) is 9.53. The summed E-state index contributed by atoms with van der Waals surface area (Å²) < 4.78 is 5.14. The number of rotatable bonds is 6. The lowest BCUT2D eigenvalue weighted by atomic mass is 10.2. The molecule has 0 spiro atoms. The maximum atomic E-state index is 11.7. The number of anilines is 1. The summed E-state index contributed by atoms with van der Waals surface area (Å²) in [5, 5.41) is 14.4. The summed E-state index contributed by atoms with van der Waals surface area (Å²) in [4.78, 5) is 11.7. The van der Waals surface area contributed by atoms with E-state index in [1.807, 2.05) is 6.07 Å². The van der Waals surface area contributed by atoms with E-state index in [-0.39, 0.29) is 6.03 Å². The lowest BCUT2D eigenvalue weighted by Gasteiger charge is -2.12. The number of hydrogen-bond donors (Lipinski definition) is 2. The van der Waals surface area contributed by atoms with Crippen molar-refractivity contribution in [1.29, 1.82) is 5.26 Å². The number of nitriles is 1. The molecule has 1 aromatic carbocycles. The highest BCUT2D eigenvalue weighted by atomic mass is 16.5. The third-order valence-corrected chi connectivity index (χ3v) is 2.67. The highest BCUT2D eigenvalue weighted by Gasteiger charge is 2.11. The molecule has 0 saturated heterocycles. The van der Waals surface area contributed by atoms with Crippen LogP contribution in [0.5, 0.6) is 5.75 Å². The number of amides is 2. The molecule has 2 amide bonds. The van der Waals surface area contributed by atoms with Crippen LogP contribution in [0.3, 0.4) is 0 Å². The maximum absolute atomic E-state index is 11.7. The van der Waals surface area contributed by atoms with Crippen molar-refractivity contribution in [3.05, 3.63) is 23.8 Å². The molecule has 0 unspecified atom stereocenters. The lowest BCUT2D eigenvalue weighted by Crippen LogP contribution is -2.30. The van der Waals surface area contributed by atoms with Crippen LogP contribution in [-0.2, 0) is 0 Å². The fourth-order valence-corrected chi connectivity index (χ4v) is 1.66. The summed E-state index contributed by atoms with van der Waals surface area (Å²) in [7, 11) is 1.50. The molecule has 0 aromatic heterocycles. The Hall–Kier alpha value is -2.22. The Kier molecular flexibility index (Phi) is 6.23. The Morgan fingerprint density at radius 3 is 2.84 bits per heavy atom. The maximum Gasteiger partial charge on any atom is 0.319 e. The summed E-state index contributed by atoms with van der Waals surface area (Å²) in [5.74, 6) is 0.475. The molecule has 0 saturated carbocycles. The number of unbranched alkanes of at least 4 members (excludes halogenated alkanes) is 2. The molecule has 0 radical (unpaired) electrons. The van der Waals surface area contributed by atoms with Crippen molar-refractivity contribution in [2.45, 2.75) is 26.2 Å². The predicted octanol–water partition coefficient (Wildman–Crippen LogP) is 2.88. The van der Waals surface area contributed by atoms with E-state index in [9.17, 15) is 4.79 Å². The van der Waals surface area contributed by atoms with Gasteiger partial charge in [-0.1, -0.05) is 25.8 Å². The van der Waals surface area contributed by atoms with E-state index < -0.39 is 0 Å². The van der Waals surface area contributed by atoms with Gasteiger partial charge in [-0.2, -0.15) is 5.26 Å². The molecular weight excluding hydrogens is 242 g/mol. The summed E-state index contributed by atoms with van der Waals surface area (Å²) in [6, 6.07) is 6.75. The van der Waals surface area contributed by atoms with E-state index in [0.29, 0.717) is 23.5 Å². The van der Waals surface area contributed by atoms with Gasteiger partial charge in [0.15, 0.2) is 0 Å². The molecular formula is C14H19N3O2. The average molecular weight is 261 g/mol. The summed E-state index contributed by atoms with van der Waals surface area (Å²) in [5.41, 5.74) is 0.781. The zero-order valence-corrected chi connectivity index (χ0v) is 11.3. The van der Waals surface area contributed by atoms with Crippen LogP contribution < -0.4 is 15.4 Å². The fourth-order valence-electron chi connectivity index (χ4n) is 1.66. The minimum Gasteiger partial charge on any atom is -0.495 e. The number of nitrogens with one attached hydrogen (secondary N) is 2. The molecule has 1 aromatic rings. The van der Waals surface area contributed by atoms with Crippen LogP contribution in [0.4, 0.5) is 10.5 Å². The Bertz CT molecular complexity index is 466. The van der Waals surface area contributed by atoms with E-state index >= 15 is 0 Å². The van der Waals surface area contributed by atoms with Gasteiger partial charge in [-0.25, -0.2) is 4.79 Å². The molecule has 1 rings (SSSR count). The molecule has 0 heterocycles. The third-order valence-electron chi connectivity index (χ3n) is 2.67. The van der Waals surface area contributed by atoms with Crippen molar-refractivity contribution in [1.82, 2.24) is 5.32 Å². The number of urea groups is 1. The Balaban J connectivity index is 2.65. The van der Waals surface area contributed by atoms with E-state index in [4.69, 9.17) is 10.00 Å². The van der Waals surface area contributed by atoms with Gasteiger partial charge in [0.25, 0.3) is 0 Å². The van der Waals surface area contributed by atoms with Crippen molar-refractivity contribution in [3.63, 3.8) is 0 Å². The third kappa shape index (κ3) is 4.51. The number of nitrogens with zero attached hydrogens (tertiary/aromatic N) is 1. The number of carbonyl (C=O) groups is 1. The van der Waals surface area contributed by atoms with E-state index in [0.717, 1.165) is 19.3 Å². The summed E-state index contributed by atoms with van der Waals surface area (Å²) in [6.45, 7) is 2.73. The van der Waals surface area contributed by atoms with Gasteiger partial charge in [-0.15, -0.1) is 0 Å². The standard InChI is InChI=1S/C14H19N3O2/c1-3-4-5-9-16-14(18)17-13-11(10-15)7-6-8-12(13)19-2/h6-8H,3-5,9H2,1-2H3,(H2,16,17,18). The Morgan fingerprint density at radius 2 is 2.21 bits per heavy atom. The van der Waals surface area contributed by atoms with Gasteiger partial charge in [-0.3, -0.25) is 0 Å². The van der Waals surface area contributed by atoms with E-state index in [1.54, 1.807) is 18.2 Å². The Morgan fingerprint density at radius 1 is 1.42 bits per heavy atom. The van der Waals surface area contributed by atoms with Gasteiger partial charge in [0, 0.05) is 6.54 Å². The molecule has 0 fully saturated rings. The molecule has 2 N–H and O–H groups in total. The van der Waals surface area contributed by atoms with Crippen LogP contribution in [0.2, 0.25) is 0 Å². The van der Waals surface area contributed by atoms with Crippen LogP contribution in [0, 0.1) is 11.3 Å². The topological polar surface area (TPSA) is 74.2 Å². The number of benzene rings is 1. The van der Waals surface area contributed by atoms with Gasteiger partial charge >= 0.3 is 6.03 Å². The van der Waals surface area contributed by atoms with Crippen molar-refractivity contribution in [2.24, 2.45) is 0 Å². The largest absolute Gasteiger partial charge is 0.495 e. The highest BCUT2D eigenvalue weighted by Crippen LogP contribution is 2.27. The first-order chi connectivity index (χ1) is 9.22. The molecule has 5 nitrogen and oxygen atoms in total. The van der Waals surface area contributed by atoms with Crippen LogP contribution in [0.1, 0.15) is 31.7 Å². The van der Waals surface area contributed by atoms with Gasteiger partial charge in [0.05, 0.1) is 12.7 Å². The zero-order valence-electron chi connectivity index (χ0n) is 11.3. The molecule has 0 aliphatic rings. The first-order valence-electron chi connectivity index (χ1n) is 6.34. The first-order valence-corrected chi connectivity index (χ1v) is 6.34. The lowest BCUT2D eigenvalue weighted by molar-refractivity contribution is 0.251. The number of hydrogen-bond acceptors (Lipinski definition) is 3. The molecule has 102 valence electrons. The molecule has 0 atom stereocenters. The zero-order chi connectivity index (χ0) is 14.1. The highest BCUT2D eigenvalue weighted by molar-refractivity contribution is 5.92. The van der Waals surface area contributed by atoms with Crippen molar-refractivity contribution < 1.29 is 9.53 Å². The second-order valence-corrected chi connectivity index (χ2v) is 4.08. The van der Waals surface area contributed by atoms with Crippen molar-refractivity contribution in [3.8, 4) is 11.8 Å². The molecule has 0 aliphatic carbocycles. The van der Waals surface area contributed by atoms with Gasteiger partial charge < -0.3 is 15.4 Å². The van der Waals surface area contributed by atoms with E-state index in [1.165, 1.54) is 7.11 Å². The smallest absolute Gasteiger partial charge is 0.319 e. The Labute approximate surface area is 113 Å². The van der Waals surface area contributed by atoms with E-state index in [2.05, 4.69) is 17.6 Å². The number of carbonyl (C=O) groups excluding carboxylic acids is 1. The van der Waals surface area contributed by atoms with Gasteiger partial charge in [0.1, 0.15) is 17.5 Å². The van der Waals surface area contributed by atoms with Crippen molar-refractivity contribution in [2.75, 3.05) is 19.0 Å². The molecule has 0 bridgehead atoms. The van der Waals surface area contributed by atoms with Gasteiger partial charge in [-0.05, 0) is 18.6 Å². The fraction of sp³-hybridized carbons (Fsp3) is 0.429. The first kappa shape index (κ1) is 14.8. The van der Waals surface area contributed by atoms with Crippen LogP contribution in [0.15, 0.2) is 18.2 Å². The average Bonchev–Trinajstić information content (AvgIpc) is 2.43. The van der Waals surface area contributed by atoms with Crippen molar-refractivity contribution >= 4 is 11.7 Å². The van der Waals surface area contributed by atoms with Crippen LogP contribution in [0.25, 0.3) is 0 Å². The summed E-state index contributed by atoms with van der Waals surface area (Å²) >= 11 is 0.